The maximum Gasteiger partial charge on any atom is 0.170 e. The van der Waals surface area contributed by atoms with Crippen molar-refractivity contribution in [3.05, 3.63) is 48.4 Å². The van der Waals surface area contributed by atoms with E-state index in [9.17, 15) is 4.79 Å². The van der Waals surface area contributed by atoms with Gasteiger partial charge >= 0.3 is 0 Å². The summed E-state index contributed by atoms with van der Waals surface area (Å²) in [6.45, 7) is 1.52. The molecule has 0 N–H and O–H groups in total. The van der Waals surface area contributed by atoms with Gasteiger partial charge in [0.1, 0.15) is 23.5 Å². The Balaban J connectivity index is 1.62. The van der Waals surface area contributed by atoms with Crippen molar-refractivity contribution >= 4 is 11.6 Å². The lowest BCUT2D eigenvalue weighted by molar-refractivity contribution is 0.0538. The van der Waals surface area contributed by atoms with Crippen LogP contribution in [0.1, 0.15) is 23.2 Å². The number of rotatable bonds is 1. The molecule has 5 nitrogen and oxygen atoms in total. The topological polar surface area (TPSA) is 55.3 Å². The first-order chi connectivity index (χ1) is 10.3. The smallest absolute Gasteiger partial charge is 0.170 e. The number of para-hydroxylation sites is 1. The highest BCUT2D eigenvalue weighted by Crippen LogP contribution is 2.39. The Bertz CT molecular complexity index is 689. The number of Topliss-reactive ketones (excluding diaryl/α,β-unsaturated/α-hetero) is 1. The number of hydrogen-bond acceptors (Lipinski definition) is 5. The molecule has 0 unspecified atom stereocenters. The zero-order valence-corrected chi connectivity index (χ0v) is 11.5. The van der Waals surface area contributed by atoms with Crippen molar-refractivity contribution < 1.29 is 9.53 Å². The van der Waals surface area contributed by atoms with Crippen molar-refractivity contribution in [3.63, 3.8) is 0 Å². The van der Waals surface area contributed by atoms with Gasteiger partial charge in [-0.3, -0.25) is 4.79 Å². The lowest BCUT2D eigenvalue weighted by Gasteiger charge is -2.34. The monoisotopic (exact) mass is 281 g/mol. The van der Waals surface area contributed by atoms with Crippen LogP contribution in [0.15, 0.2) is 42.9 Å². The van der Waals surface area contributed by atoms with Gasteiger partial charge in [-0.2, -0.15) is 0 Å². The summed E-state index contributed by atoms with van der Waals surface area (Å²) in [6, 6.07) is 9.38. The molecule has 21 heavy (non-hydrogen) atoms. The van der Waals surface area contributed by atoms with Crippen LogP contribution in [0.2, 0.25) is 0 Å². The molecular formula is C16H15N3O2. The fraction of sp³-hybridized carbons (Fsp3) is 0.312. The van der Waals surface area contributed by atoms with Gasteiger partial charge in [-0.25, -0.2) is 9.97 Å². The molecule has 1 aromatic carbocycles. The van der Waals surface area contributed by atoms with Crippen molar-refractivity contribution in [2.45, 2.75) is 18.4 Å². The van der Waals surface area contributed by atoms with E-state index in [1.807, 2.05) is 30.3 Å². The predicted molar refractivity (Wildman–Crippen MR) is 77.6 cm³/mol. The van der Waals surface area contributed by atoms with Gasteiger partial charge in [0.15, 0.2) is 5.78 Å². The summed E-state index contributed by atoms with van der Waals surface area (Å²) in [5.41, 5.74) is 0.278. The largest absolute Gasteiger partial charge is 0.484 e. The second-order valence-corrected chi connectivity index (χ2v) is 5.62. The molecule has 3 heterocycles. The molecule has 0 radical (unpaired) electrons. The second-order valence-electron chi connectivity index (χ2n) is 5.62. The van der Waals surface area contributed by atoms with Gasteiger partial charge in [0, 0.05) is 19.2 Å². The summed E-state index contributed by atoms with van der Waals surface area (Å²) in [4.78, 5) is 22.7. The third-order valence-electron chi connectivity index (χ3n) is 4.20. The fourth-order valence-corrected chi connectivity index (χ4v) is 3.18. The molecule has 1 fully saturated rings. The Hall–Kier alpha value is -2.43. The fourth-order valence-electron chi connectivity index (χ4n) is 3.18. The molecule has 0 amide bonds. The molecule has 1 atom stereocenters. The molecule has 2 aliphatic rings. The van der Waals surface area contributed by atoms with Gasteiger partial charge in [-0.05, 0) is 18.2 Å². The molecule has 2 aromatic rings. The highest BCUT2D eigenvalue weighted by molar-refractivity contribution is 6.00. The first kappa shape index (κ1) is 12.3. The van der Waals surface area contributed by atoms with Gasteiger partial charge in [0.25, 0.3) is 0 Å². The predicted octanol–water partition coefficient (Wildman–Crippen LogP) is 2.09. The minimum atomic E-state index is -0.420. The number of nitrogens with zero attached hydrogens (tertiary/aromatic N) is 3. The van der Waals surface area contributed by atoms with Crippen LogP contribution < -0.4 is 9.64 Å². The second kappa shape index (κ2) is 4.55. The van der Waals surface area contributed by atoms with Crippen molar-refractivity contribution in [1.29, 1.82) is 0 Å². The summed E-state index contributed by atoms with van der Waals surface area (Å²) in [7, 11) is 0. The Morgan fingerprint density at radius 1 is 1.24 bits per heavy atom. The van der Waals surface area contributed by atoms with Crippen LogP contribution in [0, 0.1) is 0 Å². The summed E-state index contributed by atoms with van der Waals surface area (Å²) in [6.07, 6.45) is 4.54. The van der Waals surface area contributed by atoms with E-state index >= 15 is 0 Å². The van der Waals surface area contributed by atoms with E-state index in [0.29, 0.717) is 24.3 Å². The number of fused-ring (bicyclic) bond motifs is 1. The van der Waals surface area contributed by atoms with Gasteiger partial charge in [-0.15, -0.1) is 0 Å². The normalized spacial score (nSPS) is 24.0. The molecule has 106 valence electrons. The van der Waals surface area contributed by atoms with Crippen LogP contribution in [0.3, 0.4) is 0 Å². The van der Waals surface area contributed by atoms with Gasteiger partial charge < -0.3 is 9.64 Å². The number of ketones is 1. The summed E-state index contributed by atoms with van der Waals surface area (Å²) in [5, 5.41) is 0. The van der Waals surface area contributed by atoms with Crippen molar-refractivity contribution in [1.82, 2.24) is 9.97 Å². The summed E-state index contributed by atoms with van der Waals surface area (Å²) < 4.78 is 6.20. The average Bonchev–Trinajstić information content (AvgIpc) is 2.91. The molecule has 0 aliphatic carbocycles. The Morgan fingerprint density at radius 3 is 3.00 bits per heavy atom. The van der Waals surface area contributed by atoms with Crippen LogP contribution in [0.4, 0.5) is 5.82 Å². The van der Waals surface area contributed by atoms with E-state index in [2.05, 4.69) is 14.9 Å². The van der Waals surface area contributed by atoms with Gasteiger partial charge in [-0.1, -0.05) is 12.1 Å². The molecule has 4 rings (SSSR count). The zero-order valence-electron chi connectivity index (χ0n) is 11.5. The number of carbonyl (C=O) groups is 1. The summed E-state index contributed by atoms with van der Waals surface area (Å²) >= 11 is 0. The molecule has 1 aromatic heterocycles. The van der Waals surface area contributed by atoms with E-state index in [0.717, 1.165) is 18.8 Å². The number of carbonyl (C=O) groups excluding carboxylic acids is 1. The van der Waals surface area contributed by atoms with Crippen LogP contribution in [0.5, 0.6) is 5.75 Å². The number of hydrogen-bond donors (Lipinski definition) is 0. The quantitative estimate of drug-likeness (QED) is 0.801. The Kier molecular flexibility index (Phi) is 2.67. The maximum absolute atomic E-state index is 12.4. The van der Waals surface area contributed by atoms with Gasteiger partial charge in [0.05, 0.1) is 18.5 Å². The van der Waals surface area contributed by atoms with E-state index < -0.39 is 5.60 Å². The summed E-state index contributed by atoms with van der Waals surface area (Å²) in [5.74, 6) is 1.76. The highest BCUT2D eigenvalue weighted by atomic mass is 16.5. The third kappa shape index (κ3) is 2.05. The molecule has 0 saturated carbocycles. The van der Waals surface area contributed by atoms with E-state index in [1.54, 1.807) is 12.5 Å². The molecular weight excluding hydrogens is 266 g/mol. The molecule has 1 saturated heterocycles. The lowest BCUT2D eigenvalue weighted by atomic mass is 9.89. The minimum absolute atomic E-state index is 0.168. The van der Waals surface area contributed by atoms with Crippen molar-refractivity contribution in [3.8, 4) is 5.75 Å². The lowest BCUT2D eigenvalue weighted by Crippen LogP contribution is -2.44. The highest BCUT2D eigenvalue weighted by Gasteiger charge is 2.46. The van der Waals surface area contributed by atoms with E-state index in [1.165, 1.54) is 0 Å². The SMILES string of the molecule is O=C1C[C@]2(CCN(c3ccncn3)C2)Oc2ccccc21. The molecule has 5 heteroatoms. The Labute approximate surface area is 122 Å². The van der Waals surface area contributed by atoms with Gasteiger partial charge in [0.2, 0.25) is 0 Å². The van der Waals surface area contributed by atoms with Crippen LogP contribution in [0.25, 0.3) is 0 Å². The standard InChI is InChI=1S/C16H15N3O2/c20-13-9-16(21-14-4-2-1-3-12(13)14)6-8-19(10-16)15-5-7-17-11-18-15/h1-5,7,11H,6,8-10H2/t16-/m0/s1. The molecule has 1 spiro atoms. The number of ether oxygens (including phenoxy) is 1. The number of aromatic nitrogens is 2. The first-order valence-corrected chi connectivity index (χ1v) is 7.08. The van der Waals surface area contributed by atoms with Crippen molar-refractivity contribution in [2.24, 2.45) is 0 Å². The van der Waals surface area contributed by atoms with Crippen LogP contribution in [-0.2, 0) is 0 Å². The molecule has 0 bridgehead atoms. The number of anilines is 1. The first-order valence-electron chi connectivity index (χ1n) is 7.08. The van der Waals surface area contributed by atoms with E-state index in [4.69, 9.17) is 4.74 Å². The van der Waals surface area contributed by atoms with Crippen LogP contribution >= 0.6 is 0 Å². The third-order valence-corrected chi connectivity index (χ3v) is 4.20. The minimum Gasteiger partial charge on any atom is -0.484 e. The maximum atomic E-state index is 12.4. The molecule has 2 aliphatic heterocycles. The van der Waals surface area contributed by atoms with Crippen LogP contribution in [-0.4, -0.2) is 34.4 Å². The average molecular weight is 281 g/mol. The van der Waals surface area contributed by atoms with Crippen molar-refractivity contribution in [2.75, 3.05) is 18.0 Å². The Morgan fingerprint density at radius 2 is 2.14 bits per heavy atom. The zero-order chi connectivity index (χ0) is 14.3. The number of benzene rings is 1. The van der Waals surface area contributed by atoms with E-state index in [-0.39, 0.29) is 5.78 Å².